The van der Waals surface area contributed by atoms with Gasteiger partial charge in [-0.2, -0.15) is 0 Å². The molecule has 1 aliphatic rings. The Morgan fingerprint density at radius 3 is 2.18 bits per heavy atom. The van der Waals surface area contributed by atoms with Crippen LogP contribution in [0.25, 0.3) is 0 Å². The number of para-hydroxylation sites is 1. The van der Waals surface area contributed by atoms with Crippen molar-refractivity contribution < 1.29 is 9.59 Å². The van der Waals surface area contributed by atoms with Crippen LogP contribution in [0.5, 0.6) is 0 Å². The van der Waals surface area contributed by atoms with Crippen LogP contribution in [0.15, 0.2) is 35.3 Å². The average Bonchev–Trinajstić information content (AvgIpc) is 2.49. The molecule has 0 bridgehead atoms. The number of nitrogens with zero attached hydrogens (tertiary/aromatic N) is 1. The van der Waals surface area contributed by atoms with Gasteiger partial charge < -0.3 is 0 Å². The van der Waals surface area contributed by atoms with E-state index in [1.165, 1.54) is 0 Å². The first-order chi connectivity index (χ1) is 10.5. The molecule has 0 spiro atoms. The molecular formula is C17H23N3O2. The number of carbonyl (C=O) groups is 2. The van der Waals surface area contributed by atoms with Crippen LogP contribution < -0.4 is 10.6 Å². The zero-order chi connectivity index (χ0) is 16.2. The number of hydrogen-bond donors (Lipinski definition) is 2. The summed E-state index contributed by atoms with van der Waals surface area (Å²) in [5.74, 6) is -0.321. The first kappa shape index (κ1) is 16.2. The molecule has 2 rings (SSSR count). The molecule has 1 atom stereocenters. The van der Waals surface area contributed by atoms with Crippen molar-refractivity contribution in [3.05, 3.63) is 30.3 Å². The van der Waals surface area contributed by atoms with Crippen LogP contribution >= 0.6 is 0 Å². The van der Waals surface area contributed by atoms with Crippen molar-refractivity contribution >= 4 is 23.5 Å². The number of aliphatic imine (C=N–C) groups is 1. The van der Waals surface area contributed by atoms with E-state index < -0.39 is 5.41 Å². The Kier molecular flexibility index (Phi) is 4.96. The lowest BCUT2D eigenvalue weighted by Crippen LogP contribution is -2.64. The predicted octanol–water partition coefficient (Wildman–Crippen LogP) is 2.75. The van der Waals surface area contributed by atoms with Gasteiger partial charge in [0.25, 0.3) is 0 Å². The number of carbonyl (C=O) groups excluding carboxylic acids is 2. The normalized spacial score (nSPS) is 22.8. The maximum atomic E-state index is 12.6. The van der Waals surface area contributed by atoms with E-state index in [4.69, 9.17) is 0 Å². The Morgan fingerprint density at radius 2 is 1.68 bits per heavy atom. The van der Waals surface area contributed by atoms with Gasteiger partial charge in [0.05, 0.1) is 5.69 Å². The fraction of sp³-hybridized carbons (Fsp3) is 0.471. The van der Waals surface area contributed by atoms with Gasteiger partial charge >= 0.3 is 0 Å². The Labute approximate surface area is 131 Å². The number of guanidine groups is 1. The van der Waals surface area contributed by atoms with Gasteiger partial charge in [-0.05, 0) is 30.9 Å². The predicted molar refractivity (Wildman–Crippen MR) is 86.6 cm³/mol. The van der Waals surface area contributed by atoms with Crippen molar-refractivity contribution in [1.82, 2.24) is 10.6 Å². The number of benzene rings is 1. The summed E-state index contributed by atoms with van der Waals surface area (Å²) in [5, 5.41) is 5.51. The Hall–Kier alpha value is -2.17. The van der Waals surface area contributed by atoms with Crippen LogP contribution in [0.1, 0.15) is 40.0 Å². The molecule has 1 aromatic rings. The summed E-state index contributed by atoms with van der Waals surface area (Å²) in [6.07, 6.45) is 2.25. The molecular weight excluding hydrogens is 278 g/mol. The third kappa shape index (κ3) is 2.89. The average molecular weight is 301 g/mol. The van der Waals surface area contributed by atoms with E-state index in [1.54, 1.807) is 0 Å². The molecule has 22 heavy (non-hydrogen) atoms. The van der Waals surface area contributed by atoms with Crippen molar-refractivity contribution in [2.24, 2.45) is 16.3 Å². The zero-order valence-electron chi connectivity index (χ0n) is 13.3. The second kappa shape index (κ2) is 6.73. The lowest BCUT2D eigenvalue weighted by atomic mass is 9.70. The van der Waals surface area contributed by atoms with Crippen molar-refractivity contribution in [2.45, 2.75) is 40.0 Å². The molecule has 1 aliphatic heterocycles. The van der Waals surface area contributed by atoms with E-state index in [9.17, 15) is 9.59 Å². The van der Waals surface area contributed by atoms with E-state index in [0.29, 0.717) is 12.1 Å². The minimum Gasteiger partial charge on any atom is -0.295 e. The van der Waals surface area contributed by atoms with Gasteiger partial charge in [0.1, 0.15) is 5.41 Å². The quantitative estimate of drug-likeness (QED) is 0.821. The molecule has 5 heteroatoms. The third-order valence-corrected chi connectivity index (χ3v) is 4.39. The van der Waals surface area contributed by atoms with Crippen molar-refractivity contribution in [1.29, 1.82) is 0 Å². The van der Waals surface area contributed by atoms with Crippen LogP contribution in [-0.2, 0) is 9.59 Å². The highest BCUT2D eigenvalue weighted by Gasteiger charge is 2.51. The molecule has 0 radical (unpaired) electrons. The monoisotopic (exact) mass is 301 g/mol. The van der Waals surface area contributed by atoms with Gasteiger partial charge in [-0.25, -0.2) is 4.99 Å². The number of amides is 2. The first-order valence-electron chi connectivity index (χ1n) is 7.81. The Bertz CT molecular complexity index is 561. The van der Waals surface area contributed by atoms with Crippen molar-refractivity contribution in [3.8, 4) is 0 Å². The summed E-state index contributed by atoms with van der Waals surface area (Å²) in [6.45, 7) is 5.90. The highest BCUT2D eigenvalue weighted by atomic mass is 16.2. The second-order valence-electron chi connectivity index (χ2n) is 5.72. The third-order valence-electron chi connectivity index (χ3n) is 4.39. The summed E-state index contributed by atoms with van der Waals surface area (Å²) < 4.78 is 0. The zero-order valence-corrected chi connectivity index (χ0v) is 13.3. The molecule has 5 nitrogen and oxygen atoms in total. The van der Waals surface area contributed by atoms with Crippen molar-refractivity contribution in [3.63, 3.8) is 0 Å². The standard InChI is InChI=1S/C17H23N3O2/c1-4-9-12(3)17(5-2)14(21)19-16(20-15(17)22)18-13-10-7-6-8-11-13/h6-8,10-12H,4-5,9H2,1-3H3,(H2,18,19,20,21,22)/t12-/m0/s1. The van der Waals surface area contributed by atoms with E-state index in [-0.39, 0.29) is 23.7 Å². The minimum absolute atomic E-state index is 0.0132. The van der Waals surface area contributed by atoms with Crippen LogP contribution in [0.4, 0.5) is 5.69 Å². The van der Waals surface area contributed by atoms with Gasteiger partial charge in [-0.3, -0.25) is 20.2 Å². The van der Waals surface area contributed by atoms with Crippen LogP contribution in [0.2, 0.25) is 0 Å². The number of nitrogens with one attached hydrogen (secondary N) is 2. The molecule has 0 unspecified atom stereocenters. The van der Waals surface area contributed by atoms with E-state index in [2.05, 4.69) is 22.5 Å². The first-order valence-corrected chi connectivity index (χ1v) is 7.81. The molecule has 1 saturated heterocycles. The summed E-state index contributed by atoms with van der Waals surface area (Å²) in [4.78, 5) is 29.5. The number of hydrogen-bond acceptors (Lipinski definition) is 3. The van der Waals surface area contributed by atoms with Crippen molar-refractivity contribution in [2.75, 3.05) is 0 Å². The molecule has 2 amide bonds. The van der Waals surface area contributed by atoms with Gasteiger partial charge in [0.15, 0.2) is 0 Å². The Balaban J connectivity index is 2.27. The molecule has 0 saturated carbocycles. The topological polar surface area (TPSA) is 70.6 Å². The lowest BCUT2D eigenvalue weighted by molar-refractivity contribution is -0.147. The van der Waals surface area contributed by atoms with Gasteiger partial charge in [0.2, 0.25) is 17.8 Å². The second-order valence-corrected chi connectivity index (χ2v) is 5.72. The van der Waals surface area contributed by atoms with Crippen LogP contribution in [0, 0.1) is 11.3 Å². The van der Waals surface area contributed by atoms with E-state index >= 15 is 0 Å². The van der Waals surface area contributed by atoms with Gasteiger partial charge in [0, 0.05) is 0 Å². The van der Waals surface area contributed by atoms with Crippen LogP contribution in [0.3, 0.4) is 0 Å². The number of rotatable bonds is 5. The summed E-state index contributed by atoms with van der Waals surface area (Å²) in [6, 6.07) is 9.21. The Morgan fingerprint density at radius 1 is 1.09 bits per heavy atom. The maximum absolute atomic E-state index is 12.6. The fourth-order valence-electron chi connectivity index (χ4n) is 3.06. The molecule has 118 valence electrons. The lowest BCUT2D eigenvalue weighted by Gasteiger charge is -2.38. The van der Waals surface area contributed by atoms with Crippen LogP contribution in [-0.4, -0.2) is 17.8 Å². The van der Waals surface area contributed by atoms with Gasteiger partial charge in [-0.1, -0.05) is 45.4 Å². The summed E-state index contributed by atoms with van der Waals surface area (Å²) in [5.41, 5.74) is -0.324. The summed E-state index contributed by atoms with van der Waals surface area (Å²) >= 11 is 0. The molecule has 1 aromatic carbocycles. The molecule has 0 aliphatic carbocycles. The van der Waals surface area contributed by atoms with E-state index in [0.717, 1.165) is 12.8 Å². The highest BCUT2D eigenvalue weighted by molar-refractivity contribution is 6.20. The fourth-order valence-corrected chi connectivity index (χ4v) is 3.06. The molecule has 1 fully saturated rings. The molecule has 0 aromatic heterocycles. The summed E-state index contributed by atoms with van der Waals surface area (Å²) in [7, 11) is 0. The molecule has 1 heterocycles. The highest BCUT2D eigenvalue weighted by Crippen LogP contribution is 2.36. The van der Waals surface area contributed by atoms with Gasteiger partial charge in [-0.15, -0.1) is 0 Å². The largest absolute Gasteiger partial charge is 0.295 e. The van der Waals surface area contributed by atoms with E-state index in [1.807, 2.05) is 44.2 Å². The smallest absolute Gasteiger partial charge is 0.242 e. The minimum atomic E-state index is -1.01. The maximum Gasteiger partial charge on any atom is 0.242 e. The molecule has 2 N–H and O–H groups in total. The SMILES string of the molecule is CCC[C@H](C)C1(CC)C(=O)NC(=Nc2ccccc2)NC1=O.